The number of unbranched alkanes of at least 4 members (excludes halogenated alkanes) is 4. The fraction of sp³-hybridized carbons (Fsp3) is 0.857. The fourth-order valence-electron chi connectivity index (χ4n) is 1.22. The molecule has 0 atom stereocenters. The van der Waals surface area contributed by atoms with Gasteiger partial charge in [-0.3, -0.25) is 0 Å². The molecule has 98 valence electrons. The Hall–Kier alpha value is -0.455. The molecule has 0 heterocycles. The monoisotopic (exact) mass is 238 g/mol. The highest BCUT2D eigenvalue weighted by molar-refractivity contribution is 6.54. The summed E-state index contributed by atoms with van der Waals surface area (Å²) in [4.78, 5) is 0. The van der Waals surface area contributed by atoms with Crippen LogP contribution in [0.2, 0.25) is 0 Å². The van der Waals surface area contributed by atoms with Crippen LogP contribution in [0.25, 0.3) is 0 Å². The number of hydrogen-bond acceptors (Lipinski definition) is 2. The molecule has 0 aliphatic rings. The Morgan fingerprint density at radius 1 is 0.824 bits per heavy atom. The first-order valence-electron chi connectivity index (χ1n) is 7.06. The Morgan fingerprint density at radius 2 is 1.35 bits per heavy atom. The first-order chi connectivity index (χ1) is 8.35. The van der Waals surface area contributed by atoms with Crippen molar-refractivity contribution in [3.63, 3.8) is 0 Å². The molecule has 0 aromatic heterocycles. The zero-order valence-corrected chi connectivity index (χ0v) is 11.8. The number of rotatable bonds is 10. The van der Waals surface area contributed by atoms with Gasteiger partial charge in [0.25, 0.3) is 0 Å². The highest BCUT2D eigenvalue weighted by Crippen LogP contribution is 1.97. The SMILES string of the molecule is CCCCC#CB(OCCCC)OCCCC. The molecule has 0 bridgehead atoms. The summed E-state index contributed by atoms with van der Waals surface area (Å²) in [6, 6.07) is 0. The summed E-state index contributed by atoms with van der Waals surface area (Å²) in [6.45, 7) is 7.98. The molecule has 0 spiro atoms. The minimum Gasteiger partial charge on any atom is -0.400 e. The lowest BCUT2D eigenvalue weighted by Gasteiger charge is -2.08. The van der Waals surface area contributed by atoms with Crippen molar-refractivity contribution in [3.05, 3.63) is 0 Å². The highest BCUT2D eigenvalue weighted by atomic mass is 16.6. The van der Waals surface area contributed by atoms with Crippen molar-refractivity contribution in [3.8, 4) is 11.7 Å². The van der Waals surface area contributed by atoms with Crippen molar-refractivity contribution in [2.75, 3.05) is 13.2 Å². The van der Waals surface area contributed by atoms with Crippen LogP contribution in [0.15, 0.2) is 0 Å². The van der Waals surface area contributed by atoms with E-state index in [-0.39, 0.29) is 7.12 Å². The summed E-state index contributed by atoms with van der Waals surface area (Å²) in [5.74, 6) is 6.22. The average Bonchev–Trinajstić information content (AvgIpc) is 2.34. The van der Waals surface area contributed by atoms with Gasteiger partial charge in [-0.15, -0.1) is 5.92 Å². The van der Waals surface area contributed by atoms with Crippen LogP contribution in [0.3, 0.4) is 0 Å². The van der Waals surface area contributed by atoms with E-state index in [1.54, 1.807) is 0 Å². The van der Waals surface area contributed by atoms with E-state index in [1.165, 1.54) is 6.42 Å². The van der Waals surface area contributed by atoms with Crippen LogP contribution in [-0.4, -0.2) is 20.3 Å². The van der Waals surface area contributed by atoms with Gasteiger partial charge in [0.15, 0.2) is 0 Å². The second-order valence-corrected chi connectivity index (χ2v) is 4.21. The molecule has 0 aromatic carbocycles. The Labute approximate surface area is 108 Å². The van der Waals surface area contributed by atoms with Crippen LogP contribution in [-0.2, 0) is 9.31 Å². The molecule has 17 heavy (non-hydrogen) atoms. The first kappa shape index (κ1) is 16.5. The molecule has 0 radical (unpaired) electrons. The van der Waals surface area contributed by atoms with Gasteiger partial charge < -0.3 is 9.31 Å². The lowest BCUT2D eigenvalue weighted by molar-refractivity contribution is 0.203. The quantitative estimate of drug-likeness (QED) is 0.327. The van der Waals surface area contributed by atoms with Gasteiger partial charge in [0, 0.05) is 19.6 Å². The summed E-state index contributed by atoms with van der Waals surface area (Å²) in [7, 11) is -0.315. The summed E-state index contributed by atoms with van der Waals surface area (Å²) in [5.41, 5.74) is 0. The van der Waals surface area contributed by atoms with Crippen molar-refractivity contribution in [1.82, 2.24) is 0 Å². The lowest BCUT2D eigenvalue weighted by atomic mass is 9.91. The van der Waals surface area contributed by atoms with Crippen molar-refractivity contribution < 1.29 is 9.31 Å². The molecular weight excluding hydrogens is 211 g/mol. The van der Waals surface area contributed by atoms with E-state index in [9.17, 15) is 0 Å². The third-order valence-corrected chi connectivity index (χ3v) is 2.41. The fourth-order valence-corrected chi connectivity index (χ4v) is 1.22. The van der Waals surface area contributed by atoms with Gasteiger partial charge >= 0.3 is 7.12 Å². The topological polar surface area (TPSA) is 18.5 Å². The Bertz CT molecular complexity index is 198. The van der Waals surface area contributed by atoms with Crippen molar-refractivity contribution >= 4 is 7.12 Å². The Morgan fingerprint density at radius 3 is 1.82 bits per heavy atom. The molecule has 0 aromatic rings. The molecule has 0 saturated heterocycles. The molecule has 0 rings (SSSR count). The maximum absolute atomic E-state index is 5.61. The van der Waals surface area contributed by atoms with E-state index in [1.807, 2.05) is 0 Å². The maximum Gasteiger partial charge on any atom is 0.550 e. The molecule has 3 heteroatoms. The molecule has 0 N–H and O–H groups in total. The summed E-state index contributed by atoms with van der Waals surface area (Å²) >= 11 is 0. The number of hydrogen-bond donors (Lipinski definition) is 0. The maximum atomic E-state index is 5.61. The zero-order chi connectivity index (χ0) is 12.8. The molecule has 0 aliphatic carbocycles. The van der Waals surface area contributed by atoms with Crippen LogP contribution >= 0.6 is 0 Å². The lowest BCUT2D eigenvalue weighted by Crippen LogP contribution is -2.22. The van der Waals surface area contributed by atoms with Crippen molar-refractivity contribution in [1.29, 1.82) is 0 Å². The zero-order valence-electron chi connectivity index (χ0n) is 11.8. The second-order valence-electron chi connectivity index (χ2n) is 4.21. The third kappa shape index (κ3) is 11.8. The van der Waals surface area contributed by atoms with Gasteiger partial charge in [0.1, 0.15) is 0 Å². The van der Waals surface area contributed by atoms with E-state index in [4.69, 9.17) is 9.31 Å². The molecule has 0 aliphatic heterocycles. The van der Waals surface area contributed by atoms with Crippen LogP contribution in [0.1, 0.15) is 65.7 Å². The van der Waals surface area contributed by atoms with E-state index >= 15 is 0 Å². The van der Waals surface area contributed by atoms with Crippen molar-refractivity contribution in [2.24, 2.45) is 0 Å². The Balaban J connectivity index is 3.85. The molecule has 0 saturated carbocycles. The summed E-state index contributed by atoms with van der Waals surface area (Å²) in [6.07, 6.45) is 7.72. The van der Waals surface area contributed by atoms with Gasteiger partial charge in [-0.05, 0) is 19.3 Å². The van der Waals surface area contributed by atoms with E-state index in [2.05, 4.69) is 32.5 Å². The first-order valence-corrected chi connectivity index (χ1v) is 7.06. The van der Waals surface area contributed by atoms with Crippen LogP contribution in [0.4, 0.5) is 0 Å². The van der Waals surface area contributed by atoms with Gasteiger partial charge in [-0.2, -0.15) is 0 Å². The molecule has 2 nitrogen and oxygen atoms in total. The molecule has 0 unspecified atom stereocenters. The smallest absolute Gasteiger partial charge is 0.400 e. The summed E-state index contributed by atoms with van der Waals surface area (Å²) in [5, 5.41) is 0. The average molecular weight is 238 g/mol. The van der Waals surface area contributed by atoms with Crippen LogP contribution in [0.5, 0.6) is 0 Å². The van der Waals surface area contributed by atoms with Crippen LogP contribution < -0.4 is 0 Å². The predicted octanol–water partition coefficient (Wildman–Crippen LogP) is 3.84. The normalized spacial score (nSPS) is 9.82. The van der Waals surface area contributed by atoms with E-state index < -0.39 is 0 Å². The second kappa shape index (κ2) is 13.6. The standard InChI is InChI=1S/C14H27BO2/c1-4-7-10-11-12-15(16-13-8-5-2)17-14-9-6-3/h4-10,13-14H2,1-3H3. The van der Waals surface area contributed by atoms with Gasteiger partial charge in [0.2, 0.25) is 0 Å². The molecule has 0 fully saturated rings. The van der Waals surface area contributed by atoms with Gasteiger partial charge in [-0.1, -0.05) is 45.9 Å². The Kier molecular flexibility index (Phi) is 13.2. The molecule has 0 amide bonds. The summed E-state index contributed by atoms with van der Waals surface area (Å²) < 4.78 is 11.2. The van der Waals surface area contributed by atoms with E-state index in [0.29, 0.717) is 0 Å². The van der Waals surface area contributed by atoms with Gasteiger partial charge in [0.05, 0.1) is 0 Å². The highest BCUT2D eigenvalue weighted by Gasteiger charge is 2.14. The third-order valence-electron chi connectivity index (χ3n) is 2.41. The largest absolute Gasteiger partial charge is 0.550 e. The van der Waals surface area contributed by atoms with E-state index in [0.717, 1.165) is 51.7 Å². The van der Waals surface area contributed by atoms with Crippen LogP contribution in [0, 0.1) is 11.7 Å². The minimum absolute atomic E-state index is 0.315. The predicted molar refractivity (Wildman–Crippen MR) is 74.8 cm³/mol. The minimum atomic E-state index is -0.315. The molecular formula is C14H27BO2. The van der Waals surface area contributed by atoms with Gasteiger partial charge in [-0.25, -0.2) is 0 Å². The van der Waals surface area contributed by atoms with Crippen molar-refractivity contribution in [2.45, 2.75) is 65.7 Å².